The van der Waals surface area contributed by atoms with Gasteiger partial charge in [-0.05, 0) is 19.4 Å². The molecule has 0 spiro atoms. The molecule has 0 bridgehead atoms. The summed E-state index contributed by atoms with van der Waals surface area (Å²) in [5.74, 6) is 1.75. The van der Waals surface area contributed by atoms with Crippen LogP contribution in [0.1, 0.15) is 25.1 Å². The van der Waals surface area contributed by atoms with Crippen LogP contribution in [0.5, 0.6) is 0 Å². The van der Waals surface area contributed by atoms with Gasteiger partial charge in [0, 0.05) is 18.3 Å². The van der Waals surface area contributed by atoms with E-state index in [4.69, 9.17) is 0 Å². The van der Waals surface area contributed by atoms with Gasteiger partial charge in [-0.15, -0.1) is 0 Å². The fourth-order valence-corrected chi connectivity index (χ4v) is 1.82. The fourth-order valence-electron chi connectivity index (χ4n) is 1.82. The molecule has 6 heteroatoms. The first-order chi connectivity index (χ1) is 9.35. The molecule has 0 aliphatic rings. The lowest BCUT2D eigenvalue weighted by Gasteiger charge is -2.13. The van der Waals surface area contributed by atoms with Gasteiger partial charge in [0.05, 0.1) is 12.2 Å². The molecule has 0 fully saturated rings. The molecular weight excluding hydrogens is 240 g/mol. The first-order valence-corrected chi connectivity index (χ1v) is 6.41. The molecule has 2 aromatic rings. The van der Waals surface area contributed by atoms with Crippen molar-refractivity contribution in [2.75, 3.05) is 17.2 Å². The second-order valence-electron chi connectivity index (χ2n) is 3.99. The van der Waals surface area contributed by atoms with Crippen molar-refractivity contribution in [2.24, 2.45) is 0 Å². The summed E-state index contributed by atoms with van der Waals surface area (Å²) in [5, 5.41) is 6.55. The number of aromatic nitrogens is 4. The van der Waals surface area contributed by atoms with Crippen molar-refractivity contribution in [1.29, 1.82) is 0 Å². The fraction of sp³-hybridized carbons (Fsp3) is 0.385. The van der Waals surface area contributed by atoms with Gasteiger partial charge in [-0.1, -0.05) is 6.92 Å². The van der Waals surface area contributed by atoms with E-state index in [1.807, 2.05) is 6.07 Å². The summed E-state index contributed by atoms with van der Waals surface area (Å²) in [7, 11) is 0. The molecule has 19 heavy (non-hydrogen) atoms. The number of anilines is 2. The lowest BCUT2D eigenvalue weighted by molar-refractivity contribution is 0.966. The van der Waals surface area contributed by atoms with Crippen molar-refractivity contribution in [3.8, 4) is 0 Å². The zero-order valence-corrected chi connectivity index (χ0v) is 11.2. The number of hydrogen-bond acceptors (Lipinski definition) is 6. The topological polar surface area (TPSA) is 75.6 Å². The second-order valence-corrected chi connectivity index (χ2v) is 3.99. The quantitative estimate of drug-likeness (QED) is 0.824. The molecule has 0 saturated heterocycles. The van der Waals surface area contributed by atoms with E-state index in [-0.39, 0.29) is 0 Å². The molecule has 0 atom stereocenters. The number of hydrogen-bond donors (Lipinski definition) is 2. The Bertz CT molecular complexity index is 514. The summed E-state index contributed by atoms with van der Waals surface area (Å²) in [6.45, 7) is 5.61. The monoisotopic (exact) mass is 258 g/mol. The van der Waals surface area contributed by atoms with E-state index in [1.165, 1.54) is 0 Å². The molecule has 100 valence electrons. The van der Waals surface area contributed by atoms with Crippen molar-refractivity contribution in [2.45, 2.75) is 26.8 Å². The molecule has 6 nitrogen and oxygen atoms in total. The third kappa shape index (κ3) is 3.37. The molecule has 0 aromatic carbocycles. The van der Waals surface area contributed by atoms with Gasteiger partial charge in [-0.2, -0.15) is 0 Å². The highest BCUT2D eigenvalue weighted by atomic mass is 15.1. The molecule has 2 rings (SSSR count). The Morgan fingerprint density at radius 3 is 2.42 bits per heavy atom. The Balaban J connectivity index is 2.13. The van der Waals surface area contributed by atoms with Gasteiger partial charge in [0.2, 0.25) is 0 Å². The molecule has 0 saturated carbocycles. The highest BCUT2D eigenvalue weighted by Crippen LogP contribution is 2.20. The lowest BCUT2D eigenvalue weighted by Crippen LogP contribution is -2.10. The SMILES string of the molecule is CCNc1ncnc(NCc2ccncn2)c1CC. The molecule has 2 N–H and O–H groups in total. The van der Waals surface area contributed by atoms with Crippen molar-refractivity contribution < 1.29 is 0 Å². The van der Waals surface area contributed by atoms with Gasteiger partial charge in [-0.3, -0.25) is 0 Å². The minimum absolute atomic E-state index is 0.623. The van der Waals surface area contributed by atoms with E-state index in [2.05, 4.69) is 44.4 Å². The van der Waals surface area contributed by atoms with Crippen LogP contribution >= 0.6 is 0 Å². The first-order valence-electron chi connectivity index (χ1n) is 6.41. The van der Waals surface area contributed by atoms with Crippen LogP contribution in [0.25, 0.3) is 0 Å². The van der Waals surface area contributed by atoms with Crippen molar-refractivity contribution in [3.05, 3.63) is 36.2 Å². The van der Waals surface area contributed by atoms with Crippen LogP contribution in [0.15, 0.2) is 24.9 Å². The van der Waals surface area contributed by atoms with Gasteiger partial charge in [0.15, 0.2) is 0 Å². The van der Waals surface area contributed by atoms with E-state index in [0.29, 0.717) is 6.54 Å². The molecule has 0 amide bonds. The standard InChI is InChI=1S/C13H18N6/c1-3-11-12(15-4-2)18-9-19-13(11)16-7-10-5-6-14-8-17-10/h5-6,8-9H,3-4,7H2,1-2H3,(H2,15,16,18,19). The number of nitrogens with one attached hydrogen (secondary N) is 2. The average molecular weight is 258 g/mol. The van der Waals surface area contributed by atoms with E-state index in [0.717, 1.165) is 35.9 Å². The molecule has 2 aromatic heterocycles. The third-order valence-corrected chi connectivity index (χ3v) is 2.72. The van der Waals surface area contributed by atoms with Crippen molar-refractivity contribution >= 4 is 11.6 Å². The number of rotatable bonds is 6. The Morgan fingerprint density at radius 2 is 1.79 bits per heavy atom. The van der Waals surface area contributed by atoms with E-state index in [1.54, 1.807) is 18.9 Å². The van der Waals surface area contributed by atoms with Crippen molar-refractivity contribution in [1.82, 2.24) is 19.9 Å². The summed E-state index contributed by atoms with van der Waals surface area (Å²) in [6.07, 6.45) is 5.71. The minimum atomic E-state index is 0.623. The van der Waals surface area contributed by atoms with E-state index >= 15 is 0 Å². The summed E-state index contributed by atoms with van der Waals surface area (Å²) < 4.78 is 0. The summed E-state index contributed by atoms with van der Waals surface area (Å²) in [4.78, 5) is 16.6. The Kier molecular flexibility index (Phi) is 4.60. The predicted molar refractivity (Wildman–Crippen MR) is 74.9 cm³/mol. The highest BCUT2D eigenvalue weighted by Gasteiger charge is 2.08. The maximum Gasteiger partial charge on any atom is 0.135 e. The van der Waals surface area contributed by atoms with E-state index in [9.17, 15) is 0 Å². The Hall–Kier alpha value is -2.24. The van der Waals surface area contributed by atoms with Gasteiger partial charge in [-0.25, -0.2) is 19.9 Å². The Morgan fingerprint density at radius 1 is 1.00 bits per heavy atom. The average Bonchev–Trinajstić information content (AvgIpc) is 2.46. The first kappa shape index (κ1) is 13.2. The van der Waals surface area contributed by atoms with Crippen LogP contribution in [-0.4, -0.2) is 26.5 Å². The van der Waals surface area contributed by atoms with E-state index < -0.39 is 0 Å². The second kappa shape index (κ2) is 6.63. The van der Waals surface area contributed by atoms with Crippen LogP contribution < -0.4 is 10.6 Å². The molecule has 0 unspecified atom stereocenters. The minimum Gasteiger partial charge on any atom is -0.370 e. The maximum atomic E-state index is 4.30. The highest BCUT2D eigenvalue weighted by molar-refractivity contribution is 5.57. The van der Waals surface area contributed by atoms with Gasteiger partial charge in [0.25, 0.3) is 0 Å². The zero-order chi connectivity index (χ0) is 13.5. The zero-order valence-electron chi connectivity index (χ0n) is 11.2. The largest absolute Gasteiger partial charge is 0.370 e. The molecule has 2 heterocycles. The lowest BCUT2D eigenvalue weighted by atomic mass is 10.2. The van der Waals surface area contributed by atoms with Crippen LogP contribution in [-0.2, 0) is 13.0 Å². The van der Waals surface area contributed by atoms with Crippen LogP contribution in [0, 0.1) is 0 Å². The Labute approximate surface area is 112 Å². The number of nitrogens with zero attached hydrogens (tertiary/aromatic N) is 4. The van der Waals surface area contributed by atoms with Gasteiger partial charge >= 0.3 is 0 Å². The van der Waals surface area contributed by atoms with Gasteiger partial charge in [0.1, 0.15) is 24.3 Å². The normalized spacial score (nSPS) is 10.2. The van der Waals surface area contributed by atoms with Crippen molar-refractivity contribution in [3.63, 3.8) is 0 Å². The summed E-state index contributed by atoms with van der Waals surface area (Å²) >= 11 is 0. The summed E-state index contributed by atoms with van der Waals surface area (Å²) in [6, 6.07) is 1.88. The predicted octanol–water partition coefficient (Wildman–Crippen LogP) is 1.87. The van der Waals surface area contributed by atoms with Gasteiger partial charge < -0.3 is 10.6 Å². The smallest absolute Gasteiger partial charge is 0.135 e. The van der Waals surface area contributed by atoms with Crippen LogP contribution in [0.2, 0.25) is 0 Å². The maximum absolute atomic E-state index is 4.30. The van der Waals surface area contributed by atoms with Crippen LogP contribution in [0.3, 0.4) is 0 Å². The molecule has 0 radical (unpaired) electrons. The molecular formula is C13H18N6. The van der Waals surface area contributed by atoms with Crippen LogP contribution in [0.4, 0.5) is 11.6 Å². The summed E-state index contributed by atoms with van der Waals surface area (Å²) in [5.41, 5.74) is 2.03. The molecule has 0 aliphatic heterocycles. The third-order valence-electron chi connectivity index (χ3n) is 2.72. The molecule has 0 aliphatic carbocycles.